The largest absolute Gasteiger partial charge is 0.0725 e. The zero-order valence-corrected chi connectivity index (χ0v) is 29.3. The lowest BCUT2D eigenvalue weighted by Gasteiger charge is -2.30. The van der Waals surface area contributed by atoms with Gasteiger partial charge in [0.2, 0.25) is 0 Å². The summed E-state index contributed by atoms with van der Waals surface area (Å²) >= 11 is 0. The molecule has 8 aromatic rings. The first-order valence-corrected chi connectivity index (χ1v) is 18.4. The zero-order valence-electron chi connectivity index (χ0n) is 29.3. The fraction of sp³-hybridized carbons (Fsp3) is 0.0769. The fourth-order valence-electron chi connectivity index (χ4n) is 10.4. The van der Waals surface area contributed by atoms with Crippen LogP contribution in [0.15, 0.2) is 182 Å². The smallest absolute Gasteiger partial charge is 0.0619 e. The molecule has 0 N–H and O–H groups in total. The molecule has 8 aromatic carbocycles. The average Bonchev–Trinajstić information content (AvgIpc) is 3.87. The van der Waals surface area contributed by atoms with E-state index < -0.39 is 0 Å². The van der Waals surface area contributed by atoms with Crippen molar-refractivity contribution in [3.05, 3.63) is 238 Å². The molecule has 0 aromatic heterocycles. The van der Waals surface area contributed by atoms with Gasteiger partial charge in [0.1, 0.15) is 0 Å². The van der Waals surface area contributed by atoms with Gasteiger partial charge in [0, 0.05) is 0 Å². The van der Waals surface area contributed by atoms with E-state index in [4.69, 9.17) is 0 Å². The van der Waals surface area contributed by atoms with Crippen LogP contribution in [0.1, 0.15) is 55.6 Å². The van der Waals surface area contributed by atoms with Gasteiger partial charge < -0.3 is 0 Å². The summed E-state index contributed by atoms with van der Waals surface area (Å²) in [5.41, 5.74) is 24.6. The molecule has 0 radical (unpaired) electrons. The Morgan fingerprint density at radius 1 is 0.231 bits per heavy atom. The maximum absolute atomic E-state index is 2.40. The monoisotopic (exact) mass is 660 g/mol. The standard InChI is InChI=1S/2C26H18/c1-17-14-15-25-21(16-17)20-10-4-7-13-24(20)26(25)22-11-5-2-8-18(22)19-9-3-6-12-23(19)26;1-17-14-15-21-20-10-4-7-13-24(20)26(25(21)16-17)22-11-5-2-8-18(22)19-9-3-6-12-23(19)26/h2*2-16H,1H3. The summed E-state index contributed by atoms with van der Waals surface area (Å²) in [5.74, 6) is 0. The zero-order chi connectivity index (χ0) is 34.6. The molecule has 0 amide bonds. The minimum absolute atomic E-state index is 0.188. The van der Waals surface area contributed by atoms with E-state index in [2.05, 4.69) is 196 Å². The van der Waals surface area contributed by atoms with E-state index in [0.29, 0.717) is 0 Å². The highest BCUT2D eigenvalue weighted by molar-refractivity contribution is 5.96. The van der Waals surface area contributed by atoms with E-state index in [0.717, 1.165) is 0 Å². The Balaban J connectivity index is 0.000000123. The molecular formula is C52H36. The molecular weight excluding hydrogens is 625 g/mol. The number of hydrogen-bond donors (Lipinski definition) is 0. The predicted octanol–water partition coefficient (Wildman–Crippen LogP) is 12.7. The summed E-state index contributed by atoms with van der Waals surface area (Å²) in [6, 6.07) is 67.6. The summed E-state index contributed by atoms with van der Waals surface area (Å²) in [6.07, 6.45) is 0. The van der Waals surface area contributed by atoms with Gasteiger partial charge in [-0.15, -0.1) is 0 Å². The summed E-state index contributed by atoms with van der Waals surface area (Å²) in [5, 5.41) is 0. The van der Waals surface area contributed by atoms with Crippen LogP contribution in [-0.2, 0) is 10.8 Å². The average molecular weight is 661 g/mol. The van der Waals surface area contributed by atoms with E-state index >= 15 is 0 Å². The first-order chi connectivity index (χ1) is 25.6. The van der Waals surface area contributed by atoms with E-state index in [1.165, 1.54) is 100 Å². The van der Waals surface area contributed by atoms with Crippen molar-refractivity contribution in [1.29, 1.82) is 0 Å². The van der Waals surface area contributed by atoms with Crippen molar-refractivity contribution in [3.63, 3.8) is 0 Å². The van der Waals surface area contributed by atoms with Crippen LogP contribution in [0.4, 0.5) is 0 Å². The van der Waals surface area contributed by atoms with Crippen molar-refractivity contribution in [2.24, 2.45) is 0 Å². The van der Waals surface area contributed by atoms with Crippen LogP contribution in [0, 0.1) is 13.8 Å². The van der Waals surface area contributed by atoms with Gasteiger partial charge in [-0.05, 0) is 103 Å². The topological polar surface area (TPSA) is 0 Å². The molecule has 0 bridgehead atoms. The van der Waals surface area contributed by atoms with Crippen LogP contribution in [0.2, 0.25) is 0 Å². The molecule has 0 heterocycles. The van der Waals surface area contributed by atoms with Crippen molar-refractivity contribution in [2.75, 3.05) is 0 Å². The molecule has 0 nitrogen and oxygen atoms in total. The number of hydrogen-bond acceptors (Lipinski definition) is 0. The Morgan fingerprint density at radius 2 is 0.500 bits per heavy atom. The minimum atomic E-state index is -0.189. The van der Waals surface area contributed by atoms with Gasteiger partial charge in [0.05, 0.1) is 10.8 Å². The quantitative estimate of drug-likeness (QED) is 0.152. The van der Waals surface area contributed by atoms with Gasteiger partial charge in [-0.25, -0.2) is 0 Å². The lowest BCUT2D eigenvalue weighted by molar-refractivity contribution is 0.792. The normalized spacial score (nSPS) is 14.7. The molecule has 0 unspecified atom stereocenters. The Morgan fingerprint density at radius 3 is 0.904 bits per heavy atom. The lowest BCUT2D eigenvalue weighted by atomic mass is 9.70. The third-order valence-corrected chi connectivity index (χ3v) is 12.3. The van der Waals surface area contributed by atoms with E-state index in [-0.39, 0.29) is 10.8 Å². The Kier molecular flexibility index (Phi) is 6.03. The van der Waals surface area contributed by atoms with Crippen LogP contribution < -0.4 is 0 Å². The molecule has 12 rings (SSSR count). The first kappa shape index (κ1) is 29.5. The van der Waals surface area contributed by atoms with Gasteiger partial charge in [-0.3, -0.25) is 0 Å². The van der Waals surface area contributed by atoms with Gasteiger partial charge in [0.15, 0.2) is 0 Å². The Labute approximate surface area is 305 Å². The summed E-state index contributed by atoms with van der Waals surface area (Å²) in [4.78, 5) is 0. The van der Waals surface area contributed by atoms with Gasteiger partial charge in [-0.2, -0.15) is 0 Å². The molecule has 0 aliphatic heterocycles. The van der Waals surface area contributed by atoms with Crippen LogP contribution in [0.25, 0.3) is 44.5 Å². The van der Waals surface area contributed by atoms with Gasteiger partial charge >= 0.3 is 0 Å². The minimum Gasteiger partial charge on any atom is -0.0619 e. The summed E-state index contributed by atoms with van der Waals surface area (Å²) < 4.78 is 0. The maximum atomic E-state index is 2.40. The Bertz CT molecular complexity index is 2670. The van der Waals surface area contributed by atoms with Gasteiger partial charge in [0.25, 0.3) is 0 Å². The molecule has 0 fully saturated rings. The molecule has 0 saturated heterocycles. The SMILES string of the molecule is Cc1ccc2c(c1)-c1ccccc1C21c2ccccc2-c2ccccc21.Cc1ccc2c(c1)C1(c3ccccc3-c3ccccc31)c1ccccc1-2. The number of fused-ring (bicyclic) bond motifs is 20. The van der Waals surface area contributed by atoms with Crippen LogP contribution in [-0.4, -0.2) is 0 Å². The molecule has 2 spiro atoms. The molecule has 52 heavy (non-hydrogen) atoms. The molecule has 0 heteroatoms. The van der Waals surface area contributed by atoms with Gasteiger partial charge in [-0.1, -0.05) is 193 Å². The van der Waals surface area contributed by atoms with E-state index in [1.54, 1.807) is 0 Å². The highest BCUT2D eigenvalue weighted by Gasteiger charge is 2.52. The summed E-state index contributed by atoms with van der Waals surface area (Å²) in [6.45, 7) is 4.38. The van der Waals surface area contributed by atoms with Crippen LogP contribution >= 0.6 is 0 Å². The molecule has 4 aliphatic carbocycles. The molecule has 4 aliphatic rings. The third kappa shape index (κ3) is 3.57. The first-order valence-electron chi connectivity index (χ1n) is 18.4. The van der Waals surface area contributed by atoms with Crippen LogP contribution in [0.5, 0.6) is 0 Å². The number of rotatable bonds is 0. The van der Waals surface area contributed by atoms with Crippen molar-refractivity contribution in [2.45, 2.75) is 24.7 Å². The molecule has 244 valence electrons. The Hall–Kier alpha value is -6.24. The second kappa shape index (κ2) is 10.6. The second-order valence-electron chi connectivity index (χ2n) is 14.9. The van der Waals surface area contributed by atoms with Crippen molar-refractivity contribution >= 4 is 0 Å². The van der Waals surface area contributed by atoms with Crippen molar-refractivity contribution in [3.8, 4) is 44.5 Å². The fourth-order valence-corrected chi connectivity index (χ4v) is 10.4. The van der Waals surface area contributed by atoms with E-state index in [9.17, 15) is 0 Å². The highest BCUT2D eigenvalue weighted by atomic mass is 14.5. The molecule has 0 atom stereocenters. The second-order valence-corrected chi connectivity index (χ2v) is 14.9. The highest BCUT2D eigenvalue weighted by Crippen LogP contribution is 2.64. The predicted molar refractivity (Wildman–Crippen MR) is 215 cm³/mol. The molecule has 0 saturated carbocycles. The third-order valence-electron chi connectivity index (χ3n) is 12.3. The number of benzene rings is 8. The van der Waals surface area contributed by atoms with Crippen molar-refractivity contribution in [1.82, 2.24) is 0 Å². The van der Waals surface area contributed by atoms with E-state index in [1.807, 2.05) is 0 Å². The van der Waals surface area contributed by atoms with Crippen molar-refractivity contribution < 1.29 is 0 Å². The number of aryl methyl sites for hydroxylation is 2. The van der Waals surface area contributed by atoms with Crippen LogP contribution in [0.3, 0.4) is 0 Å². The maximum Gasteiger partial charge on any atom is 0.0725 e. The summed E-state index contributed by atoms with van der Waals surface area (Å²) in [7, 11) is 0. The lowest BCUT2D eigenvalue weighted by Crippen LogP contribution is -2.25.